The highest BCUT2D eigenvalue weighted by Crippen LogP contribution is 2.31. The monoisotopic (exact) mass is 266 g/mol. The molecule has 1 saturated carbocycles. The Morgan fingerprint density at radius 3 is 2.58 bits per heavy atom. The van der Waals surface area contributed by atoms with Crippen molar-refractivity contribution in [2.75, 3.05) is 0 Å². The van der Waals surface area contributed by atoms with Crippen LogP contribution >= 0.6 is 0 Å². The quantitative estimate of drug-likeness (QED) is 0.621. The van der Waals surface area contributed by atoms with Gasteiger partial charge in [-0.1, -0.05) is 0 Å². The Morgan fingerprint density at radius 1 is 1.47 bits per heavy atom. The van der Waals surface area contributed by atoms with Crippen molar-refractivity contribution in [2.24, 2.45) is 0 Å². The summed E-state index contributed by atoms with van der Waals surface area (Å²) in [6.07, 6.45) is 1.81. The summed E-state index contributed by atoms with van der Waals surface area (Å²) in [7, 11) is 0. The smallest absolute Gasteiger partial charge is 0.270 e. The second-order valence-electron chi connectivity index (χ2n) is 4.96. The van der Waals surface area contributed by atoms with Crippen LogP contribution < -0.4 is 0 Å². The number of amides is 1. The molecule has 0 radical (unpaired) electrons. The largest absolute Gasteiger partial charge is 0.333 e. The molecule has 0 aromatic heterocycles. The number of hydrogen-bond donors (Lipinski definition) is 0. The van der Waals surface area contributed by atoms with E-state index in [0.717, 1.165) is 31.0 Å². The molecule has 2 rings (SSSR count). The van der Waals surface area contributed by atoms with E-state index in [0.29, 0.717) is 0 Å². The van der Waals surface area contributed by atoms with Crippen molar-refractivity contribution in [2.45, 2.75) is 38.8 Å². The number of carbonyl (C=O) groups excluding carboxylic acids is 1. The summed E-state index contributed by atoms with van der Waals surface area (Å²) in [6, 6.07) is 3.11. The molecule has 0 bridgehead atoms. The first-order chi connectivity index (χ1) is 8.91. The number of rotatable bonds is 4. The van der Waals surface area contributed by atoms with Gasteiger partial charge in [0.25, 0.3) is 11.6 Å². The molecular formula is C13H15FN2O3. The standard InChI is InChI=1S/C13H15FN2O3/c1-8(2)15(9-3-4-9)13(17)11-7-10(16(18)19)5-6-12(11)14/h5-9H,3-4H2,1-2H3. The molecule has 1 fully saturated rings. The molecule has 1 aromatic carbocycles. The van der Waals surface area contributed by atoms with Crippen LogP contribution in [0.4, 0.5) is 10.1 Å². The van der Waals surface area contributed by atoms with Crippen molar-refractivity contribution in [3.63, 3.8) is 0 Å². The number of nitrogens with zero attached hydrogens (tertiary/aromatic N) is 2. The van der Waals surface area contributed by atoms with Gasteiger partial charge in [-0.3, -0.25) is 14.9 Å². The van der Waals surface area contributed by atoms with Gasteiger partial charge >= 0.3 is 0 Å². The Kier molecular flexibility index (Phi) is 3.50. The van der Waals surface area contributed by atoms with Crippen molar-refractivity contribution >= 4 is 11.6 Å². The number of non-ortho nitro benzene ring substituents is 1. The topological polar surface area (TPSA) is 63.5 Å². The molecule has 19 heavy (non-hydrogen) atoms. The lowest BCUT2D eigenvalue weighted by atomic mass is 10.1. The van der Waals surface area contributed by atoms with Gasteiger partial charge in [0, 0.05) is 24.2 Å². The van der Waals surface area contributed by atoms with E-state index in [2.05, 4.69) is 0 Å². The molecule has 0 heterocycles. The van der Waals surface area contributed by atoms with Crippen LogP contribution in [0, 0.1) is 15.9 Å². The summed E-state index contributed by atoms with van der Waals surface area (Å²) in [5, 5.41) is 10.7. The number of halogens is 1. The second kappa shape index (κ2) is 4.95. The first kappa shape index (κ1) is 13.5. The molecular weight excluding hydrogens is 251 g/mol. The van der Waals surface area contributed by atoms with Gasteiger partial charge < -0.3 is 4.90 Å². The number of carbonyl (C=O) groups is 1. The van der Waals surface area contributed by atoms with Crippen molar-refractivity contribution in [3.05, 3.63) is 39.7 Å². The van der Waals surface area contributed by atoms with E-state index in [4.69, 9.17) is 0 Å². The average molecular weight is 266 g/mol. The van der Waals surface area contributed by atoms with Crippen molar-refractivity contribution in [1.29, 1.82) is 0 Å². The third kappa shape index (κ3) is 2.72. The van der Waals surface area contributed by atoms with Crippen molar-refractivity contribution < 1.29 is 14.1 Å². The summed E-state index contributed by atoms with van der Waals surface area (Å²) < 4.78 is 13.7. The van der Waals surface area contributed by atoms with Crippen LogP contribution in [-0.2, 0) is 0 Å². The average Bonchev–Trinajstić information content (AvgIpc) is 3.13. The minimum absolute atomic E-state index is 0.0568. The van der Waals surface area contributed by atoms with Crippen LogP contribution in [0.5, 0.6) is 0 Å². The second-order valence-corrected chi connectivity index (χ2v) is 4.96. The lowest BCUT2D eigenvalue weighted by Gasteiger charge is -2.26. The zero-order chi connectivity index (χ0) is 14.2. The third-order valence-electron chi connectivity index (χ3n) is 3.12. The predicted octanol–water partition coefficient (Wildman–Crippen LogP) is 2.75. The first-order valence-corrected chi connectivity index (χ1v) is 6.18. The highest BCUT2D eigenvalue weighted by atomic mass is 19.1. The highest BCUT2D eigenvalue weighted by molar-refractivity contribution is 5.95. The molecule has 0 unspecified atom stereocenters. The molecule has 1 amide bonds. The molecule has 1 aliphatic carbocycles. The van der Waals surface area contributed by atoms with Gasteiger partial charge in [0.2, 0.25) is 0 Å². The molecule has 102 valence electrons. The Hall–Kier alpha value is -1.98. The molecule has 0 saturated heterocycles. The van der Waals surface area contributed by atoms with Crippen molar-refractivity contribution in [1.82, 2.24) is 4.90 Å². The fourth-order valence-electron chi connectivity index (χ4n) is 2.10. The minimum Gasteiger partial charge on any atom is -0.333 e. The van der Waals surface area contributed by atoms with Crippen LogP contribution in [0.25, 0.3) is 0 Å². The molecule has 0 aliphatic heterocycles. The molecule has 1 aromatic rings. The van der Waals surface area contributed by atoms with E-state index in [9.17, 15) is 19.3 Å². The molecule has 1 aliphatic rings. The third-order valence-corrected chi connectivity index (χ3v) is 3.12. The number of hydrogen-bond acceptors (Lipinski definition) is 3. The molecule has 5 nitrogen and oxygen atoms in total. The Labute approximate surface area is 110 Å². The number of benzene rings is 1. The summed E-state index contributed by atoms with van der Waals surface area (Å²) in [6.45, 7) is 3.71. The maximum absolute atomic E-state index is 13.7. The highest BCUT2D eigenvalue weighted by Gasteiger charge is 2.36. The molecule has 6 heteroatoms. The normalized spacial score (nSPS) is 14.5. The van der Waals surface area contributed by atoms with E-state index in [-0.39, 0.29) is 23.3 Å². The van der Waals surface area contributed by atoms with E-state index in [1.165, 1.54) is 0 Å². The van der Waals surface area contributed by atoms with E-state index < -0.39 is 16.6 Å². The van der Waals surface area contributed by atoms with Crippen LogP contribution in [0.15, 0.2) is 18.2 Å². The Morgan fingerprint density at radius 2 is 2.11 bits per heavy atom. The SMILES string of the molecule is CC(C)N(C(=O)c1cc([N+](=O)[O-])ccc1F)C1CC1. The molecule has 0 N–H and O–H groups in total. The summed E-state index contributed by atoms with van der Waals surface area (Å²) >= 11 is 0. The minimum atomic E-state index is -0.720. The van der Waals surface area contributed by atoms with Crippen LogP contribution in [0.3, 0.4) is 0 Å². The summed E-state index contributed by atoms with van der Waals surface area (Å²) in [5.41, 5.74) is -0.501. The van der Waals surface area contributed by atoms with Gasteiger partial charge in [0.15, 0.2) is 0 Å². The van der Waals surface area contributed by atoms with Gasteiger partial charge in [0.1, 0.15) is 5.82 Å². The van der Waals surface area contributed by atoms with Gasteiger partial charge in [-0.05, 0) is 32.8 Å². The number of nitro groups is 1. The predicted molar refractivity (Wildman–Crippen MR) is 67.4 cm³/mol. The molecule has 0 atom stereocenters. The maximum atomic E-state index is 13.7. The van der Waals surface area contributed by atoms with E-state index in [1.54, 1.807) is 4.90 Å². The Bertz CT molecular complexity index is 525. The maximum Gasteiger partial charge on any atom is 0.270 e. The van der Waals surface area contributed by atoms with Gasteiger partial charge in [0.05, 0.1) is 10.5 Å². The van der Waals surface area contributed by atoms with E-state index in [1.807, 2.05) is 13.8 Å². The fraction of sp³-hybridized carbons (Fsp3) is 0.462. The van der Waals surface area contributed by atoms with E-state index >= 15 is 0 Å². The molecule has 0 spiro atoms. The van der Waals surface area contributed by atoms with Gasteiger partial charge in [-0.15, -0.1) is 0 Å². The fourth-order valence-corrected chi connectivity index (χ4v) is 2.10. The summed E-state index contributed by atoms with van der Waals surface area (Å²) in [4.78, 5) is 24.0. The van der Waals surface area contributed by atoms with Crippen molar-refractivity contribution in [3.8, 4) is 0 Å². The van der Waals surface area contributed by atoms with Gasteiger partial charge in [-0.2, -0.15) is 0 Å². The lowest BCUT2D eigenvalue weighted by molar-refractivity contribution is -0.384. The van der Waals surface area contributed by atoms with Gasteiger partial charge in [-0.25, -0.2) is 4.39 Å². The van der Waals surface area contributed by atoms with Crippen LogP contribution in [0.1, 0.15) is 37.0 Å². The first-order valence-electron chi connectivity index (χ1n) is 6.18. The number of nitro benzene ring substituents is 1. The zero-order valence-electron chi connectivity index (χ0n) is 10.8. The summed E-state index contributed by atoms with van der Waals surface area (Å²) in [5.74, 6) is -1.19. The zero-order valence-corrected chi connectivity index (χ0v) is 10.8. The lowest BCUT2D eigenvalue weighted by Crippen LogP contribution is -2.39. The van der Waals surface area contributed by atoms with Crippen LogP contribution in [0.2, 0.25) is 0 Å². The van der Waals surface area contributed by atoms with Crippen LogP contribution in [-0.4, -0.2) is 27.8 Å². The Balaban J connectivity index is 2.36.